The molecule has 206 valence electrons. The molecule has 0 unspecified atom stereocenters. The lowest BCUT2D eigenvalue weighted by molar-refractivity contribution is -0.162. The van der Waals surface area contributed by atoms with Gasteiger partial charge in [0.1, 0.15) is 17.3 Å². The Bertz CT molecular complexity index is 1030. The van der Waals surface area contributed by atoms with Crippen molar-refractivity contribution in [1.82, 2.24) is 15.1 Å². The second-order valence-electron chi connectivity index (χ2n) is 11.5. The van der Waals surface area contributed by atoms with Crippen LogP contribution in [0.3, 0.4) is 0 Å². The molecular formula is C32H45N3O3. The second-order valence-corrected chi connectivity index (χ2v) is 11.5. The van der Waals surface area contributed by atoms with Gasteiger partial charge in [0.15, 0.2) is 0 Å². The van der Waals surface area contributed by atoms with Gasteiger partial charge in [0.25, 0.3) is 0 Å². The van der Waals surface area contributed by atoms with Gasteiger partial charge in [0.2, 0.25) is 11.8 Å². The zero-order valence-corrected chi connectivity index (χ0v) is 23.5. The molecule has 2 saturated heterocycles. The van der Waals surface area contributed by atoms with Crippen molar-refractivity contribution in [2.24, 2.45) is 5.92 Å². The van der Waals surface area contributed by atoms with Crippen LogP contribution in [0.1, 0.15) is 69.9 Å². The fraction of sp³-hybridized carbons (Fsp3) is 0.562. The number of hydrogen-bond donors (Lipinski definition) is 1. The number of nitrogens with one attached hydrogen (secondary N) is 1. The average molecular weight is 520 g/mol. The summed E-state index contributed by atoms with van der Waals surface area (Å²) in [5.41, 5.74) is 1.68. The largest absolute Gasteiger partial charge is 0.497 e. The molecule has 0 radical (unpaired) electrons. The van der Waals surface area contributed by atoms with Crippen LogP contribution in [0.4, 0.5) is 0 Å². The molecule has 1 spiro atoms. The average Bonchev–Trinajstić information content (AvgIpc) is 2.93. The molecule has 0 bridgehead atoms. The van der Waals surface area contributed by atoms with E-state index in [9.17, 15) is 9.59 Å². The van der Waals surface area contributed by atoms with Crippen LogP contribution in [-0.2, 0) is 22.6 Å². The van der Waals surface area contributed by atoms with Crippen LogP contribution in [0, 0.1) is 5.92 Å². The summed E-state index contributed by atoms with van der Waals surface area (Å²) in [7, 11) is 1.65. The Balaban J connectivity index is 1.33. The molecule has 2 amide bonds. The van der Waals surface area contributed by atoms with Gasteiger partial charge in [-0.3, -0.25) is 9.59 Å². The molecule has 2 aliphatic heterocycles. The van der Waals surface area contributed by atoms with E-state index in [-0.39, 0.29) is 11.8 Å². The van der Waals surface area contributed by atoms with E-state index in [1.54, 1.807) is 7.11 Å². The molecule has 2 fully saturated rings. The standard InChI is InChI=1S/C32H45N3O3/c1-25(2)23-29-30(36)35(24-27-14-16-28(38-3)17-15-27)32(31(37)33-29)18-21-34(22-19-32)20-10-5-4-7-11-26-12-8-6-9-13-26/h6,8-9,12-17,25,29H,4-5,7,10-11,18-24H2,1-3H3,(H,33,37)/t29-/m0/s1. The summed E-state index contributed by atoms with van der Waals surface area (Å²) in [6.45, 7) is 7.39. The van der Waals surface area contributed by atoms with E-state index in [1.807, 2.05) is 29.2 Å². The maximum atomic E-state index is 13.7. The molecule has 0 aliphatic carbocycles. The molecule has 1 atom stereocenters. The molecule has 6 nitrogen and oxygen atoms in total. The Morgan fingerprint density at radius 3 is 2.26 bits per heavy atom. The third kappa shape index (κ3) is 6.96. The van der Waals surface area contributed by atoms with Gasteiger partial charge in [-0.05, 0) is 74.2 Å². The minimum Gasteiger partial charge on any atom is -0.497 e. The molecular weight excluding hydrogens is 474 g/mol. The van der Waals surface area contributed by atoms with Crippen LogP contribution in [-0.4, -0.2) is 59.9 Å². The van der Waals surface area contributed by atoms with Crippen molar-refractivity contribution in [1.29, 1.82) is 0 Å². The lowest BCUT2D eigenvalue weighted by Crippen LogP contribution is -2.72. The van der Waals surface area contributed by atoms with Crippen molar-refractivity contribution in [2.75, 3.05) is 26.7 Å². The molecule has 2 aromatic carbocycles. The van der Waals surface area contributed by atoms with Crippen molar-refractivity contribution in [3.63, 3.8) is 0 Å². The third-order valence-corrected chi connectivity index (χ3v) is 8.23. The summed E-state index contributed by atoms with van der Waals surface area (Å²) >= 11 is 0. The molecule has 0 saturated carbocycles. The number of piperazine rings is 1. The van der Waals surface area contributed by atoms with Crippen LogP contribution in [0.5, 0.6) is 5.75 Å². The summed E-state index contributed by atoms with van der Waals surface area (Å²) in [5, 5.41) is 3.12. The fourth-order valence-corrected chi connectivity index (χ4v) is 5.96. The summed E-state index contributed by atoms with van der Waals surface area (Å²) in [6, 6.07) is 18.1. The first-order valence-corrected chi connectivity index (χ1v) is 14.4. The predicted molar refractivity (Wildman–Crippen MR) is 152 cm³/mol. The van der Waals surface area contributed by atoms with Gasteiger partial charge in [0.05, 0.1) is 7.11 Å². The van der Waals surface area contributed by atoms with Crippen molar-refractivity contribution >= 4 is 11.8 Å². The normalized spacial score (nSPS) is 19.7. The van der Waals surface area contributed by atoms with Crippen LogP contribution in [0.2, 0.25) is 0 Å². The quantitative estimate of drug-likeness (QED) is 0.391. The van der Waals surface area contributed by atoms with Crippen LogP contribution in [0.25, 0.3) is 0 Å². The number of likely N-dealkylation sites (tertiary alicyclic amines) is 1. The second kappa shape index (κ2) is 13.3. The third-order valence-electron chi connectivity index (χ3n) is 8.23. The highest BCUT2D eigenvalue weighted by Gasteiger charge is 2.53. The number of rotatable bonds is 12. The Hall–Kier alpha value is -2.86. The SMILES string of the molecule is COc1ccc(CN2C(=O)[C@H](CC(C)C)NC(=O)C23CCN(CCCCCCc2ccccc2)CC3)cc1. The first kappa shape index (κ1) is 28.2. The lowest BCUT2D eigenvalue weighted by Gasteiger charge is -2.52. The number of carbonyl (C=O) groups excluding carboxylic acids is 2. The van der Waals surface area contributed by atoms with Gasteiger partial charge in [0, 0.05) is 19.6 Å². The highest BCUT2D eigenvalue weighted by atomic mass is 16.5. The van der Waals surface area contributed by atoms with E-state index in [1.165, 1.54) is 31.2 Å². The highest BCUT2D eigenvalue weighted by molar-refractivity contribution is 6.00. The van der Waals surface area contributed by atoms with Gasteiger partial charge in [-0.15, -0.1) is 0 Å². The minimum atomic E-state index is -0.767. The number of hydrogen-bond acceptors (Lipinski definition) is 4. The van der Waals surface area contributed by atoms with Gasteiger partial charge < -0.3 is 19.9 Å². The highest BCUT2D eigenvalue weighted by Crippen LogP contribution is 2.35. The van der Waals surface area contributed by atoms with Crippen molar-refractivity contribution in [2.45, 2.75) is 83.3 Å². The molecule has 0 aromatic heterocycles. The van der Waals surface area contributed by atoms with Gasteiger partial charge >= 0.3 is 0 Å². The van der Waals surface area contributed by atoms with E-state index in [0.717, 1.165) is 37.4 Å². The first-order chi connectivity index (χ1) is 18.4. The number of piperidine rings is 1. The molecule has 2 heterocycles. The number of nitrogens with zero attached hydrogens (tertiary/aromatic N) is 2. The zero-order chi connectivity index (χ0) is 27.0. The summed E-state index contributed by atoms with van der Waals surface area (Å²) < 4.78 is 5.30. The van der Waals surface area contributed by atoms with Crippen molar-refractivity contribution in [3.8, 4) is 5.75 Å². The van der Waals surface area contributed by atoms with E-state index < -0.39 is 11.6 Å². The number of benzene rings is 2. The van der Waals surface area contributed by atoms with Gasteiger partial charge in [-0.2, -0.15) is 0 Å². The van der Waals surface area contributed by atoms with Crippen LogP contribution < -0.4 is 10.1 Å². The van der Waals surface area contributed by atoms with Gasteiger partial charge in [-0.1, -0.05) is 69.2 Å². The molecule has 38 heavy (non-hydrogen) atoms. The lowest BCUT2D eigenvalue weighted by atomic mass is 9.80. The maximum Gasteiger partial charge on any atom is 0.246 e. The summed E-state index contributed by atoms with van der Waals surface area (Å²) in [5.74, 6) is 1.20. The summed E-state index contributed by atoms with van der Waals surface area (Å²) in [4.78, 5) is 31.7. The Labute approximate surface area is 228 Å². The number of amides is 2. The smallest absolute Gasteiger partial charge is 0.246 e. The number of carbonyl (C=O) groups is 2. The van der Waals surface area contributed by atoms with Crippen molar-refractivity contribution < 1.29 is 14.3 Å². The topological polar surface area (TPSA) is 61.9 Å². The van der Waals surface area contributed by atoms with E-state index in [4.69, 9.17) is 4.74 Å². The number of methoxy groups -OCH3 is 1. The van der Waals surface area contributed by atoms with Crippen LogP contribution in [0.15, 0.2) is 54.6 Å². The minimum absolute atomic E-state index is 0.0248. The van der Waals surface area contributed by atoms with Gasteiger partial charge in [-0.25, -0.2) is 0 Å². The van der Waals surface area contributed by atoms with Crippen molar-refractivity contribution in [3.05, 3.63) is 65.7 Å². The number of aryl methyl sites for hydroxylation is 1. The maximum absolute atomic E-state index is 13.7. The fourth-order valence-electron chi connectivity index (χ4n) is 5.96. The monoisotopic (exact) mass is 519 g/mol. The van der Waals surface area contributed by atoms with Crippen LogP contribution >= 0.6 is 0 Å². The Kier molecular flexibility index (Phi) is 9.84. The summed E-state index contributed by atoms with van der Waals surface area (Å²) in [6.07, 6.45) is 8.07. The number of ether oxygens (including phenoxy) is 1. The molecule has 1 N–H and O–H groups in total. The van der Waals surface area contributed by atoms with E-state index >= 15 is 0 Å². The Morgan fingerprint density at radius 2 is 1.61 bits per heavy atom. The zero-order valence-electron chi connectivity index (χ0n) is 23.5. The number of unbranched alkanes of at least 4 members (excludes halogenated alkanes) is 3. The van der Waals surface area contributed by atoms with E-state index in [0.29, 0.717) is 31.7 Å². The molecule has 2 aromatic rings. The first-order valence-electron chi connectivity index (χ1n) is 14.4. The van der Waals surface area contributed by atoms with E-state index in [2.05, 4.69) is 54.4 Å². The predicted octanol–water partition coefficient (Wildman–Crippen LogP) is 5.21. The Morgan fingerprint density at radius 1 is 0.921 bits per heavy atom. The molecule has 4 rings (SSSR count). The molecule has 2 aliphatic rings. The molecule has 6 heteroatoms.